The van der Waals surface area contributed by atoms with Gasteiger partial charge in [0.15, 0.2) is 10.8 Å². The SMILES string of the molecule is O=C(Cc1csc(-c2ccco2)n1)Nc1ccc(Br)cc1F. The van der Waals surface area contributed by atoms with E-state index in [2.05, 4.69) is 26.2 Å². The summed E-state index contributed by atoms with van der Waals surface area (Å²) in [5.74, 6) is -0.148. The Hall–Kier alpha value is -1.99. The molecule has 0 aliphatic carbocycles. The lowest BCUT2D eigenvalue weighted by Gasteiger charge is -2.05. The highest BCUT2D eigenvalue weighted by Gasteiger charge is 2.12. The van der Waals surface area contributed by atoms with Crippen molar-refractivity contribution < 1.29 is 13.6 Å². The molecule has 112 valence electrons. The molecule has 0 spiro atoms. The largest absolute Gasteiger partial charge is 0.462 e. The van der Waals surface area contributed by atoms with E-state index in [1.54, 1.807) is 29.8 Å². The second kappa shape index (κ2) is 6.41. The summed E-state index contributed by atoms with van der Waals surface area (Å²) in [7, 11) is 0. The van der Waals surface area contributed by atoms with Crippen LogP contribution in [0.25, 0.3) is 10.8 Å². The van der Waals surface area contributed by atoms with Gasteiger partial charge in [0.25, 0.3) is 0 Å². The Labute approximate surface area is 138 Å². The summed E-state index contributed by atoms with van der Waals surface area (Å²) >= 11 is 4.56. The number of aromatic nitrogens is 1. The molecule has 7 heteroatoms. The molecule has 22 heavy (non-hydrogen) atoms. The molecule has 0 aliphatic rings. The summed E-state index contributed by atoms with van der Waals surface area (Å²) in [5.41, 5.74) is 0.765. The van der Waals surface area contributed by atoms with E-state index in [1.807, 2.05) is 0 Å². The molecular formula is C15H10BrFN2O2S. The van der Waals surface area contributed by atoms with Gasteiger partial charge in [0.1, 0.15) is 5.82 Å². The monoisotopic (exact) mass is 380 g/mol. The molecule has 0 aliphatic heterocycles. The van der Waals surface area contributed by atoms with Gasteiger partial charge in [0.05, 0.1) is 24.1 Å². The highest BCUT2D eigenvalue weighted by Crippen LogP contribution is 2.24. The van der Waals surface area contributed by atoms with Crippen LogP contribution in [0.1, 0.15) is 5.69 Å². The van der Waals surface area contributed by atoms with Crippen molar-refractivity contribution in [1.82, 2.24) is 4.98 Å². The van der Waals surface area contributed by atoms with Crippen LogP contribution in [0.4, 0.5) is 10.1 Å². The number of nitrogens with one attached hydrogen (secondary N) is 1. The van der Waals surface area contributed by atoms with Gasteiger partial charge in [0, 0.05) is 9.85 Å². The second-order valence-corrected chi connectivity index (χ2v) is 6.24. The lowest BCUT2D eigenvalue weighted by molar-refractivity contribution is -0.115. The molecule has 1 aromatic carbocycles. The van der Waals surface area contributed by atoms with E-state index in [9.17, 15) is 9.18 Å². The topological polar surface area (TPSA) is 55.1 Å². The number of anilines is 1. The van der Waals surface area contributed by atoms with Crippen LogP contribution in [0.5, 0.6) is 0 Å². The average Bonchev–Trinajstić information content (AvgIpc) is 3.12. The first-order valence-corrected chi connectivity index (χ1v) is 8.02. The third-order valence-electron chi connectivity index (χ3n) is 2.83. The highest BCUT2D eigenvalue weighted by atomic mass is 79.9. The van der Waals surface area contributed by atoms with Gasteiger partial charge in [-0.1, -0.05) is 15.9 Å². The molecule has 3 rings (SSSR count). The molecule has 0 unspecified atom stereocenters. The third kappa shape index (κ3) is 3.42. The van der Waals surface area contributed by atoms with Crippen molar-refractivity contribution in [2.24, 2.45) is 0 Å². The summed E-state index contributed by atoms with van der Waals surface area (Å²) in [6, 6.07) is 8.05. The van der Waals surface area contributed by atoms with E-state index in [0.29, 0.717) is 20.9 Å². The van der Waals surface area contributed by atoms with Gasteiger partial charge in [-0.25, -0.2) is 9.37 Å². The normalized spacial score (nSPS) is 10.6. The van der Waals surface area contributed by atoms with E-state index < -0.39 is 5.82 Å². The van der Waals surface area contributed by atoms with E-state index in [4.69, 9.17) is 4.42 Å². The molecule has 0 atom stereocenters. The van der Waals surface area contributed by atoms with Crippen LogP contribution in [0.3, 0.4) is 0 Å². The molecule has 1 amide bonds. The number of nitrogens with zero attached hydrogens (tertiary/aromatic N) is 1. The van der Waals surface area contributed by atoms with E-state index in [1.165, 1.54) is 23.5 Å². The quantitative estimate of drug-likeness (QED) is 0.725. The molecule has 0 fully saturated rings. The van der Waals surface area contributed by atoms with Gasteiger partial charge >= 0.3 is 0 Å². The number of furan rings is 1. The zero-order valence-electron chi connectivity index (χ0n) is 11.2. The van der Waals surface area contributed by atoms with Gasteiger partial charge in [-0.3, -0.25) is 4.79 Å². The Kier molecular flexibility index (Phi) is 4.35. The van der Waals surface area contributed by atoms with Crippen LogP contribution >= 0.6 is 27.3 Å². The standard InChI is InChI=1S/C15H10BrFN2O2S/c16-9-3-4-12(11(17)6-9)19-14(20)7-10-8-22-15(18-10)13-2-1-5-21-13/h1-6,8H,7H2,(H,19,20). The Morgan fingerprint density at radius 3 is 3.00 bits per heavy atom. The van der Waals surface area contributed by atoms with Gasteiger partial charge in [-0.05, 0) is 30.3 Å². The lowest BCUT2D eigenvalue weighted by Crippen LogP contribution is -2.15. The fourth-order valence-electron chi connectivity index (χ4n) is 1.85. The molecule has 2 heterocycles. The number of rotatable bonds is 4. The minimum absolute atomic E-state index is 0.0761. The zero-order valence-corrected chi connectivity index (χ0v) is 13.6. The maximum absolute atomic E-state index is 13.7. The minimum atomic E-state index is -0.489. The van der Waals surface area contributed by atoms with Crippen molar-refractivity contribution >= 4 is 38.9 Å². The fourth-order valence-corrected chi connectivity index (χ4v) is 2.97. The van der Waals surface area contributed by atoms with Crippen LogP contribution in [0.15, 0.2) is 50.9 Å². The third-order valence-corrected chi connectivity index (χ3v) is 4.23. The molecule has 0 radical (unpaired) electrons. The zero-order chi connectivity index (χ0) is 15.5. The van der Waals surface area contributed by atoms with Crippen molar-refractivity contribution in [3.63, 3.8) is 0 Å². The Bertz CT molecular complexity index is 802. The molecule has 2 aromatic heterocycles. The number of benzene rings is 1. The molecular weight excluding hydrogens is 371 g/mol. The predicted octanol–water partition coefficient (Wildman–Crippen LogP) is 4.49. The first-order valence-electron chi connectivity index (χ1n) is 6.35. The number of thiazole rings is 1. The Balaban J connectivity index is 1.67. The molecule has 0 saturated heterocycles. The number of hydrogen-bond acceptors (Lipinski definition) is 4. The van der Waals surface area contributed by atoms with Gasteiger partial charge in [-0.2, -0.15) is 0 Å². The van der Waals surface area contributed by atoms with Gasteiger partial charge < -0.3 is 9.73 Å². The van der Waals surface area contributed by atoms with Crippen molar-refractivity contribution in [2.75, 3.05) is 5.32 Å². The summed E-state index contributed by atoms with van der Waals surface area (Å²) in [6.45, 7) is 0. The lowest BCUT2D eigenvalue weighted by atomic mass is 10.2. The van der Waals surface area contributed by atoms with Crippen LogP contribution in [-0.4, -0.2) is 10.9 Å². The van der Waals surface area contributed by atoms with E-state index in [-0.39, 0.29) is 18.0 Å². The van der Waals surface area contributed by atoms with Crippen LogP contribution in [-0.2, 0) is 11.2 Å². The second-order valence-electron chi connectivity index (χ2n) is 4.47. The number of halogens is 2. The first kappa shape index (κ1) is 14.9. The van der Waals surface area contributed by atoms with Crippen molar-refractivity contribution in [1.29, 1.82) is 0 Å². The van der Waals surface area contributed by atoms with Crippen molar-refractivity contribution in [2.45, 2.75) is 6.42 Å². The average molecular weight is 381 g/mol. The fraction of sp³-hybridized carbons (Fsp3) is 0.0667. The Morgan fingerprint density at radius 2 is 2.27 bits per heavy atom. The van der Waals surface area contributed by atoms with Crippen molar-refractivity contribution in [3.05, 3.63) is 58.0 Å². The van der Waals surface area contributed by atoms with Crippen molar-refractivity contribution in [3.8, 4) is 10.8 Å². The maximum Gasteiger partial charge on any atom is 0.230 e. The molecule has 3 aromatic rings. The van der Waals surface area contributed by atoms with Crippen LogP contribution in [0.2, 0.25) is 0 Å². The van der Waals surface area contributed by atoms with Gasteiger partial charge in [0.2, 0.25) is 5.91 Å². The van der Waals surface area contributed by atoms with E-state index >= 15 is 0 Å². The summed E-state index contributed by atoms with van der Waals surface area (Å²) < 4.78 is 19.5. The van der Waals surface area contributed by atoms with Crippen LogP contribution < -0.4 is 5.32 Å². The number of amides is 1. The molecule has 0 bridgehead atoms. The highest BCUT2D eigenvalue weighted by molar-refractivity contribution is 9.10. The summed E-state index contributed by atoms with van der Waals surface area (Å²) in [5, 5.41) is 5.03. The minimum Gasteiger partial charge on any atom is -0.462 e. The van der Waals surface area contributed by atoms with E-state index in [0.717, 1.165) is 0 Å². The predicted molar refractivity (Wildman–Crippen MR) is 86.2 cm³/mol. The van der Waals surface area contributed by atoms with Gasteiger partial charge in [-0.15, -0.1) is 11.3 Å². The summed E-state index contributed by atoms with van der Waals surface area (Å²) in [4.78, 5) is 16.3. The first-order chi connectivity index (χ1) is 10.6. The van der Waals surface area contributed by atoms with Crippen LogP contribution in [0, 0.1) is 5.82 Å². The molecule has 4 nitrogen and oxygen atoms in total. The molecule has 1 N–H and O–H groups in total. The number of carbonyl (C=O) groups excluding carboxylic acids is 1. The maximum atomic E-state index is 13.7. The molecule has 0 saturated carbocycles. The smallest absolute Gasteiger partial charge is 0.230 e. The summed E-state index contributed by atoms with van der Waals surface area (Å²) in [6.07, 6.45) is 1.64. The number of hydrogen-bond donors (Lipinski definition) is 1. The Morgan fingerprint density at radius 1 is 1.41 bits per heavy atom. The number of carbonyl (C=O) groups is 1.